The summed E-state index contributed by atoms with van der Waals surface area (Å²) in [6.45, 7) is 0. The Balaban J connectivity index is 1.99. The second-order valence-corrected chi connectivity index (χ2v) is 4.72. The zero-order valence-electron chi connectivity index (χ0n) is 11.4. The first-order valence-corrected chi connectivity index (χ1v) is 6.33. The lowest BCUT2D eigenvalue weighted by Gasteiger charge is -2.09. The third-order valence-electron chi connectivity index (χ3n) is 3.20. The lowest BCUT2D eigenvalue weighted by atomic mass is 10.2. The fourth-order valence-electron chi connectivity index (χ4n) is 2.24. The van der Waals surface area contributed by atoms with Gasteiger partial charge in [-0.1, -0.05) is 0 Å². The smallest absolute Gasteiger partial charge is 0.406 e. The van der Waals surface area contributed by atoms with E-state index in [1.165, 1.54) is 36.4 Å². The molecule has 0 saturated carbocycles. The molecule has 0 unspecified atom stereocenters. The molecule has 0 fully saturated rings. The van der Waals surface area contributed by atoms with Gasteiger partial charge in [0.25, 0.3) is 0 Å². The zero-order valence-corrected chi connectivity index (χ0v) is 11.4. The van der Waals surface area contributed by atoms with Gasteiger partial charge < -0.3 is 9.30 Å². The number of halogens is 3. The van der Waals surface area contributed by atoms with Crippen LogP contribution in [0.4, 0.5) is 13.2 Å². The van der Waals surface area contributed by atoms with Crippen molar-refractivity contribution in [2.75, 3.05) is 0 Å². The number of rotatable bonds is 2. The molecule has 0 aliphatic heterocycles. The number of ether oxygens (including phenoxy) is 1. The Morgan fingerprint density at radius 2 is 1.77 bits per heavy atom. The van der Waals surface area contributed by atoms with Crippen LogP contribution < -0.4 is 4.74 Å². The van der Waals surface area contributed by atoms with Gasteiger partial charge in [0, 0.05) is 18.7 Å². The second-order valence-electron chi connectivity index (χ2n) is 4.72. The summed E-state index contributed by atoms with van der Waals surface area (Å²) < 4.78 is 42.0. The number of fused-ring (bicyclic) bond motifs is 1. The van der Waals surface area contributed by atoms with E-state index >= 15 is 0 Å². The fraction of sp³-hybridized carbons (Fsp3) is 0.133. The van der Waals surface area contributed by atoms with Crippen LogP contribution in [0.5, 0.6) is 11.5 Å². The first-order chi connectivity index (χ1) is 10.3. The summed E-state index contributed by atoms with van der Waals surface area (Å²) in [6.07, 6.45) is -4.72. The van der Waals surface area contributed by atoms with Crippen LogP contribution >= 0.6 is 0 Å². The normalized spacial score (nSPS) is 11.8. The van der Waals surface area contributed by atoms with Crippen LogP contribution in [0.1, 0.15) is 0 Å². The summed E-state index contributed by atoms with van der Waals surface area (Å²) in [5.74, 6) is 0.113. The van der Waals surface area contributed by atoms with Gasteiger partial charge in [-0.25, -0.2) is 4.98 Å². The molecule has 113 valence electrons. The number of nitrogens with zero attached hydrogens (tertiary/aromatic N) is 2. The Morgan fingerprint density at radius 3 is 2.41 bits per heavy atom. The molecule has 1 radical (unpaired) electrons. The van der Waals surface area contributed by atoms with Crippen molar-refractivity contribution >= 4 is 11.0 Å². The standard InChI is InChI=1S/C15H10F3N2O2/c1-20-13-7-4-10(21)8-12(13)19-14(20)9-2-5-11(6-3-9)22-15(16,17)18/h2-8H,1H3. The highest BCUT2D eigenvalue weighted by molar-refractivity contribution is 5.81. The van der Waals surface area contributed by atoms with Gasteiger partial charge in [0.05, 0.1) is 11.0 Å². The summed E-state index contributed by atoms with van der Waals surface area (Å²) in [4.78, 5) is 4.35. The zero-order chi connectivity index (χ0) is 15.9. The molecule has 22 heavy (non-hydrogen) atoms. The molecule has 7 heteroatoms. The number of benzene rings is 2. The SMILES string of the molecule is Cn1c(-c2ccc(OC(F)(F)F)cc2)nc2cc([O])ccc21. The van der Waals surface area contributed by atoms with Crippen molar-refractivity contribution in [3.05, 3.63) is 42.5 Å². The number of hydrogen-bond acceptors (Lipinski definition) is 2. The van der Waals surface area contributed by atoms with Gasteiger partial charge >= 0.3 is 6.36 Å². The van der Waals surface area contributed by atoms with Crippen LogP contribution in [-0.2, 0) is 12.2 Å². The summed E-state index contributed by atoms with van der Waals surface area (Å²) >= 11 is 0. The lowest BCUT2D eigenvalue weighted by Crippen LogP contribution is -2.16. The minimum absolute atomic E-state index is 0.147. The first-order valence-electron chi connectivity index (χ1n) is 6.33. The average Bonchev–Trinajstić information content (AvgIpc) is 2.74. The Bertz CT molecular complexity index is 823. The molecule has 1 aromatic heterocycles. The molecule has 4 nitrogen and oxygen atoms in total. The molecule has 0 N–H and O–H groups in total. The third-order valence-corrected chi connectivity index (χ3v) is 3.20. The summed E-state index contributed by atoms with van der Waals surface area (Å²) in [6, 6.07) is 9.94. The minimum atomic E-state index is -4.72. The van der Waals surface area contributed by atoms with Crippen LogP contribution in [0, 0.1) is 0 Å². The molecule has 0 saturated heterocycles. The van der Waals surface area contributed by atoms with Gasteiger partial charge in [0.15, 0.2) is 5.75 Å². The first kappa shape index (κ1) is 14.2. The van der Waals surface area contributed by atoms with E-state index in [9.17, 15) is 18.3 Å². The van der Waals surface area contributed by atoms with E-state index in [2.05, 4.69) is 9.72 Å². The lowest BCUT2D eigenvalue weighted by molar-refractivity contribution is -0.274. The largest absolute Gasteiger partial charge is 0.573 e. The Hall–Kier alpha value is -2.70. The highest BCUT2D eigenvalue weighted by atomic mass is 19.4. The van der Waals surface area contributed by atoms with E-state index in [0.29, 0.717) is 16.9 Å². The van der Waals surface area contributed by atoms with E-state index in [4.69, 9.17) is 0 Å². The van der Waals surface area contributed by atoms with E-state index in [1.807, 2.05) is 0 Å². The van der Waals surface area contributed by atoms with Gasteiger partial charge in [0.1, 0.15) is 11.6 Å². The van der Waals surface area contributed by atoms with Crippen molar-refractivity contribution in [1.82, 2.24) is 9.55 Å². The number of hydrogen-bond donors (Lipinski definition) is 0. The maximum Gasteiger partial charge on any atom is 0.573 e. The monoisotopic (exact) mass is 307 g/mol. The molecule has 0 atom stereocenters. The van der Waals surface area contributed by atoms with Crippen molar-refractivity contribution in [3.63, 3.8) is 0 Å². The van der Waals surface area contributed by atoms with Crippen LogP contribution in [0.25, 0.3) is 22.4 Å². The van der Waals surface area contributed by atoms with Crippen LogP contribution in [0.2, 0.25) is 0 Å². The average molecular weight is 307 g/mol. The maximum absolute atomic E-state index is 12.1. The number of aromatic nitrogens is 2. The van der Waals surface area contributed by atoms with Crippen LogP contribution in [0.15, 0.2) is 42.5 Å². The number of imidazole rings is 1. The summed E-state index contributed by atoms with van der Waals surface area (Å²) in [7, 11) is 1.77. The Kier molecular flexibility index (Phi) is 3.20. The van der Waals surface area contributed by atoms with Crippen molar-refractivity contribution in [3.8, 4) is 22.9 Å². The van der Waals surface area contributed by atoms with E-state index in [0.717, 1.165) is 5.52 Å². The molecule has 3 aromatic rings. The number of alkyl halides is 3. The van der Waals surface area contributed by atoms with Crippen molar-refractivity contribution in [2.24, 2.45) is 7.05 Å². The maximum atomic E-state index is 12.1. The molecule has 0 amide bonds. The molecule has 3 rings (SSSR count). The van der Waals surface area contributed by atoms with Crippen molar-refractivity contribution < 1.29 is 23.0 Å². The third kappa shape index (κ3) is 2.69. The molecule has 0 aliphatic carbocycles. The molecule has 1 heterocycles. The number of aryl methyl sites for hydroxylation is 1. The molecule has 0 bridgehead atoms. The van der Waals surface area contributed by atoms with Gasteiger partial charge in [0.2, 0.25) is 0 Å². The topological polar surface area (TPSA) is 47.0 Å². The Morgan fingerprint density at radius 1 is 1.09 bits per heavy atom. The van der Waals surface area contributed by atoms with Crippen LogP contribution in [-0.4, -0.2) is 15.9 Å². The van der Waals surface area contributed by atoms with E-state index in [-0.39, 0.29) is 11.5 Å². The van der Waals surface area contributed by atoms with Gasteiger partial charge in [-0.2, -0.15) is 0 Å². The van der Waals surface area contributed by atoms with E-state index < -0.39 is 6.36 Å². The molecular formula is C15H10F3N2O2. The highest BCUT2D eigenvalue weighted by Gasteiger charge is 2.31. The summed E-state index contributed by atoms with van der Waals surface area (Å²) in [5, 5.41) is 11.3. The highest BCUT2D eigenvalue weighted by Crippen LogP contribution is 2.29. The quantitative estimate of drug-likeness (QED) is 0.709. The van der Waals surface area contributed by atoms with Gasteiger partial charge in [-0.3, -0.25) is 5.11 Å². The molecule has 0 spiro atoms. The van der Waals surface area contributed by atoms with Crippen LogP contribution in [0.3, 0.4) is 0 Å². The predicted molar refractivity (Wildman–Crippen MR) is 73.0 cm³/mol. The second kappa shape index (κ2) is 4.94. The van der Waals surface area contributed by atoms with Crippen molar-refractivity contribution in [2.45, 2.75) is 6.36 Å². The minimum Gasteiger partial charge on any atom is -0.406 e. The fourth-order valence-corrected chi connectivity index (χ4v) is 2.24. The predicted octanol–water partition coefficient (Wildman–Crippen LogP) is 4.28. The molecular weight excluding hydrogens is 297 g/mol. The molecule has 0 aliphatic rings. The summed E-state index contributed by atoms with van der Waals surface area (Å²) in [5.41, 5.74) is 1.94. The van der Waals surface area contributed by atoms with Gasteiger partial charge in [-0.15, -0.1) is 13.2 Å². The molecule has 2 aromatic carbocycles. The van der Waals surface area contributed by atoms with Gasteiger partial charge in [-0.05, 0) is 36.4 Å². The van der Waals surface area contributed by atoms with Crippen molar-refractivity contribution in [1.29, 1.82) is 0 Å². The van der Waals surface area contributed by atoms with E-state index in [1.54, 1.807) is 17.7 Å². The Labute approximate surface area is 123 Å².